The van der Waals surface area contributed by atoms with E-state index < -0.39 is 29.4 Å². The van der Waals surface area contributed by atoms with Crippen molar-refractivity contribution in [3.8, 4) is 5.75 Å². The number of nitrogens with one attached hydrogen (secondary N) is 3. The van der Waals surface area contributed by atoms with E-state index in [9.17, 15) is 14.4 Å². The Balaban J connectivity index is 1.91. The molecular weight excluding hydrogens is 372 g/mol. The molecule has 4 atom stereocenters. The molecule has 0 saturated heterocycles. The lowest BCUT2D eigenvalue weighted by atomic mass is 9.82. The quantitative estimate of drug-likeness (QED) is 0.492. The third kappa shape index (κ3) is 4.59. The van der Waals surface area contributed by atoms with E-state index in [1.807, 2.05) is 31.2 Å². The van der Waals surface area contributed by atoms with Gasteiger partial charge in [0.15, 0.2) is 0 Å². The molecule has 2 bridgehead atoms. The van der Waals surface area contributed by atoms with E-state index in [1.165, 1.54) is 0 Å². The van der Waals surface area contributed by atoms with Crippen molar-refractivity contribution >= 4 is 23.8 Å². The minimum Gasteiger partial charge on any atom is -0.493 e. The summed E-state index contributed by atoms with van der Waals surface area (Å²) in [7, 11) is 0. The van der Waals surface area contributed by atoms with Gasteiger partial charge in [-0.3, -0.25) is 14.4 Å². The summed E-state index contributed by atoms with van der Waals surface area (Å²) >= 11 is 0. The van der Waals surface area contributed by atoms with Crippen LogP contribution in [0.4, 0.5) is 0 Å². The Labute approximate surface area is 170 Å². The SMILES string of the molecule is C[C@H]1CNC(=O)[C@H](C)NC(=O)[C@H](C)NC(=O)[C@]2(N)C=Cc3cccc(c3C2)OC1. The van der Waals surface area contributed by atoms with Gasteiger partial charge in [0.1, 0.15) is 23.4 Å². The zero-order chi connectivity index (χ0) is 21.2. The minimum absolute atomic E-state index is 0.0506. The number of nitrogens with two attached hydrogens (primary N) is 1. The summed E-state index contributed by atoms with van der Waals surface area (Å²) in [6.45, 7) is 5.92. The highest BCUT2D eigenvalue weighted by Crippen LogP contribution is 2.32. The summed E-state index contributed by atoms with van der Waals surface area (Å²) in [5, 5.41) is 8.09. The molecule has 29 heavy (non-hydrogen) atoms. The lowest BCUT2D eigenvalue weighted by Gasteiger charge is -2.31. The Hall–Kier alpha value is -2.87. The second-order valence-electron chi connectivity index (χ2n) is 7.96. The summed E-state index contributed by atoms with van der Waals surface area (Å²) in [6.07, 6.45) is 3.72. The van der Waals surface area contributed by atoms with E-state index in [-0.39, 0.29) is 18.2 Å². The van der Waals surface area contributed by atoms with Crippen molar-refractivity contribution in [3.05, 3.63) is 35.4 Å². The van der Waals surface area contributed by atoms with Crippen LogP contribution in [-0.2, 0) is 20.8 Å². The first-order chi connectivity index (χ1) is 13.7. The normalized spacial score (nSPS) is 30.6. The van der Waals surface area contributed by atoms with Gasteiger partial charge in [0.2, 0.25) is 17.7 Å². The third-order valence-corrected chi connectivity index (χ3v) is 5.26. The molecule has 1 aromatic rings. The van der Waals surface area contributed by atoms with Crippen LogP contribution in [0.1, 0.15) is 31.9 Å². The maximum absolute atomic E-state index is 12.9. The van der Waals surface area contributed by atoms with Gasteiger partial charge in [-0.2, -0.15) is 0 Å². The number of carbonyl (C=O) groups excluding carboxylic acids is 3. The molecule has 1 heterocycles. The van der Waals surface area contributed by atoms with E-state index in [0.29, 0.717) is 18.9 Å². The van der Waals surface area contributed by atoms with E-state index in [0.717, 1.165) is 11.1 Å². The number of fused-ring (bicyclic) bond motifs is 1. The summed E-state index contributed by atoms with van der Waals surface area (Å²) in [5.41, 5.74) is 6.89. The van der Waals surface area contributed by atoms with Crippen molar-refractivity contribution in [2.75, 3.05) is 13.2 Å². The van der Waals surface area contributed by atoms with E-state index >= 15 is 0 Å². The van der Waals surface area contributed by atoms with Gasteiger partial charge >= 0.3 is 0 Å². The summed E-state index contributed by atoms with van der Waals surface area (Å²) < 4.78 is 6.00. The average molecular weight is 400 g/mol. The van der Waals surface area contributed by atoms with Crippen molar-refractivity contribution in [1.29, 1.82) is 0 Å². The fourth-order valence-electron chi connectivity index (χ4n) is 3.33. The number of hydrogen-bond acceptors (Lipinski definition) is 5. The predicted molar refractivity (Wildman–Crippen MR) is 109 cm³/mol. The van der Waals surface area contributed by atoms with Crippen LogP contribution in [0.15, 0.2) is 24.3 Å². The smallest absolute Gasteiger partial charge is 0.245 e. The Morgan fingerprint density at radius 2 is 1.79 bits per heavy atom. The molecule has 1 aliphatic carbocycles. The molecule has 0 saturated carbocycles. The Morgan fingerprint density at radius 3 is 2.55 bits per heavy atom. The van der Waals surface area contributed by atoms with Gasteiger partial charge in [-0.1, -0.05) is 31.2 Å². The minimum atomic E-state index is -1.30. The van der Waals surface area contributed by atoms with Gasteiger partial charge in [-0.05, 0) is 25.5 Å². The van der Waals surface area contributed by atoms with Crippen LogP contribution in [0, 0.1) is 5.92 Å². The van der Waals surface area contributed by atoms with Crippen LogP contribution in [0.2, 0.25) is 0 Å². The summed E-state index contributed by atoms with van der Waals surface area (Å²) in [6, 6.07) is 4.11. The molecule has 0 aromatic heterocycles. The molecule has 8 nitrogen and oxygen atoms in total. The van der Waals surface area contributed by atoms with Crippen molar-refractivity contribution < 1.29 is 19.1 Å². The summed E-state index contributed by atoms with van der Waals surface area (Å²) in [4.78, 5) is 37.5. The van der Waals surface area contributed by atoms with Crippen LogP contribution in [0.3, 0.4) is 0 Å². The molecule has 1 aliphatic heterocycles. The fraction of sp³-hybridized carbons (Fsp3) is 0.476. The highest BCUT2D eigenvalue weighted by molar-refractivity contribution is 5.96. The molecule has 3 amide bonds. The molecule has 5 N–H and O–H groups in total. The van der Waals surface area contributed by atoms with Crippen molar-refractivity contribution in [1.82, 2.24) is 16.0 Å². The lowest BCUT2D eigenvalue weighted by molar-refractivity contribution is -0.132. The lowest BCUT2D eigenvalue weighted by Crippen LogP contribution is -2.59. The molecule has 2 aliphatic rings. The van der Waals surface area contributed by atoms with Crippen LogP contribution in [-0.4, -0.2) is 48.5 Å². The second kappa shape index (κ2) is 8.24. The van der Waals surface area contributed by atoms with Gasteiger partial charge in [-0.15, -0.1) is 0 Å². The molecule has 1 aromatic carbocycles. The standard InChI is InChI=1S/C21H28N4O4/c1-12-10-23-18(26)13(2)24-19(27)14(3)25-20(28)21(22)8-7-15-5-4-6-17(29-11-12)16(15)9-21/h4-8,12-14H,9-11,22H2,1-3H3,(H,23,26)(H,24,27)(H,25,28)/t12-,13-,14-,21-/m0/s1. The van der Waals surface area contributed by atoms with Gasteiger partial charge in [0, 0.05) is 24.4 Å². The second-order valence-corrected chi connectivity index (χ2v) is 7.96. The first-order valence-corrected chi connectivity index (χ1v) is 9.81. The zero-order valence-electron chi connectivity index (χ0n) is 17.0. The molecule has 0 spiro atoms. The number of carbonyl (C=O) groups is 3. The number of hydrogen-bond donors (Lipinski definition) is 4. The van der Waals surface area contributed by atoms with Crippen molar-refractivity contribution in [2.24, 2.45) is 11.7 Å². The fourth-order valence-corrected chi connectivity index (χ4v) is 3.33. The van der Waals surface area contributed by atoms with Crippen LogP contribution >= 0.6 is 0 Å². The molecule has 0 radical (unpaired) electrons. The highest BCUT2D eigenvalue weighted by atomic mass is 16.5. The Kier molecular flexibility index (Phi) is 5.93. The monoisotopic (exact) mass is 400 g/mol. The average Bonchev–Trinajstić information content (AvgIpc) is 2.69. The first-order valence-electron chi connectivity index (χ1n) is 9.81. The molecule has 0 unspecified atom stereocenters. The number of benzene rings is 1. The van der Waals surface area contributed by atoms with Crippen molar-refractivity contribution in [3.63, 3.8) is 0 Å². The van der Waals surface area contributed by atoms with Gasteiger partial charge < -0.3 is 26.4 Å². The predicted octanol–water partition coefficient (Wildman–Crippen LogP) is 0.108. The molecule has 3 rings (SSSR count). The largest absolute Gasteiger partial charge is 0.493 e. The molecule has 0 fully saturated rings. The molecule has 156 valence electrons. The van der Waals surface area contributed by atoms with Gasteiger partial charge in [-0.25, -0.2) is 0 Å². The number of rotatable bonds is 0. The van der Waals surface area contributed by atoms with Gasteiger partial charge in [0.25, 0.3) is 0 Å². The van der Waals surface area contributed by atoms with E-state index in [2.05, 4.69) is 16.0 Å². The first kappa shape index (κ1) is 20.9. The van der Waals surface area contributed by atoms with Crippen LogP contribution in [0.5, 0.6) is 5.75 Å². The molecular formula is C21H28N4O4. The third-order valence-electron chi connectivity index (χ3n) is 5.26. The Bertz CT molecular complexity index is 853. The Morgan fingerprint density at radius 1 is 1.07 bits per heavy atom. The van der Waals surface area contributed by atoms with Crippen LogP contribution < -0.4 is 26.4 Å². The van der Waals surface area contributed by atoms with Crippen molar-refractivity contribution in [2.45, 2.75) is 44.8 Å². The maximum Gasteiger partial charge on any atom is 0.245 e. The topological polar surface area (TPSA) is 123 Å². The van der Waals surface area contributed by atoms with Crippen LogP contribution in [0.25, 0.3) is 6.08 Å². The molecule has 8 heteroatoms. The van der Waals surface area contributed by atoms with E-state index in [4.69, 9.17) is 10.5 Å². The number of ether oxygens (including phenoxy) is 1. The maximum atomic E-state index is 12.9. The zero-order valence-corrected chi connectivity index (χ0v) is 17.0. The highest BCUT2D eigenvalue weighted by Gasteiger charge is 2.37. The van der Waals surface area contributed by atoms with E-state index in [1.54, 1.807) is 19.9 Å². The summed E-state index contributed by atoms with van der Waals surface area (Å²) in [5.74, 6) is -0.493. The van der Waals surface area contributed by atoms with Gasteiger partial charge in [0.05, 0.1) is 6.61 Å². The number of amides is 3.